The lowest BCUT2D eigenvalue weighted by Gasteiger charge is -2.18. The Labute approximate surface area is 123 Å². The third kappa shape index (κ3) is 4.46. The highest BCUT2D eigenvalue weighted by Gasteiger charge is 2.28. The Bertz CT molecular complexity index is 494. The number of methoxy groups -OCH3 is 2. The van der Waals surface area contributed by atoms with Gasteiger partial charge in [-0.3, -0.25) is 13.8 Å². The molecule has 1 aromatic carbocycles. The Balaban J connectivity index is 3.18. The fourth-order valence-electron chi connectivity index (χ4n) is 1.62. The molecule has 7 nitrogen and oxygen atoms in total. The van der Waals surface area contributed by atoms with Gasteiger partial charge in [-0.2, -0.15) is 0 Å². The van der Waals surface area contributed by atoms with Crippen molar-refractivity contribution in [2.45, 2.75) is 13.8 Å². The van der Waals surface area contributed by atoms with Crippen LogP contribution in [0.4, 0.5) is 0 Å². The van der Waals surface area contributed by atoms with E-state index in [9.17, 15) is 9.36 Å². The summed E-state index contributed by atoms with van der Waals surface area (Å²) >= 11 is 0. The summed E-state index contributed by atoms with van der Waals surface area (Å²) in [6, 6.07) is 2.83. The molecule has 0 radical (unpaired) electrons. The van der Waals surface area contributed by atoms with Crippen LogP contribution in [0.15, 0.2) is 12.1 Å². The molecule has 0 N–H and O–H groups in total. The molecule has 0 aliphatic carbocycles. The number of phosphoric acid groups is 1. The molecule has 0 aliphatic heterocycles. The smallest absolute Gasteiger partial charge is 0.496 e. The molecule has 0 spiro atoms. The van der Waals surface area contributed by atoms with Gasteiger partial charge in [0.25, 0.3) is 0 Å². The van der Waals surface area contributed by atoms with E-state index >= 15 is 0 Å². The second-order valence-corrected chi connectivity index (χ2v) is 5.33. The predicted molar refractivity (Wildman–Crippen MR) is 76.4 cm³/mol. The Morgan fingerprint density at radius 3 is 1.86 bits per heavy atom. The molecule has 0 aromatic heterocycles. The predicted octanol–water partition coefficient (Wildman–Crippen LogP) is 3.08. The van der Waals surface area contributed by atoms with Crippen LogP contribution in [0, 0.1) is 0 Å². The van der Waals surface area contributed by atoms with Gasteiger partial charge < -0.3 is 14.0 Å². The summed E-state index contributed by atoms with van der Waals surface area (Å²) in [7, 11) is -0.927. The molecule has 0 amide bonds. The number of carbonyl (C=O) groups excluding carboxylic acids is 1. The van der Waals surface area contributed by atoms with Gasteiger partial charge in [0, 0.05) is 12.1 Å². The first-order chi connectivity index (χ1) is 10.0. The van der Waals surface area contributed by atoms with Gasteiger partial charge in [0.05, 0.1) is 33.0 Å². The molecule has 1 aromatic rings. The van der Waals surface area contributed by atoms with Crippen molar-refractivity contribution in [1.29, 1.82) is 0 Å². The van der Waals surface area contributed by atoms with Crippen molar-refractivity contribution >= 4 is 14.1 Å². The summed E-state index contributed by atoms with van der Waals surface area (Å²) in [4.78, 5) is 11.1. The van der Waals surface area contributed by atoms with Crippen LogP contribution in [0.25, 0.3) is 0 Å². The van der Waals surface area contributed by atoms with Gasteiger partial charge in [0.2, 0.25) is 0 Å². The van der Waals surface area contributed by atoms with E-state index in [2.05, 4.69) is 0 Å². The van der Waals surface area contributed by atoms with E-state index in [0.29, 0.717) is 6.29 Å². The average Bonchev–Trinajstić information content (AvgIpc) is 2.46. The van der Waals surface area contributed by atoms with Gasteiger partial charge >= 0.3 is 7.82 Å². The standard InChI is InChI=1S/C13H19O7P/c1-5-18-21(15,19-6-2)20-10-7-12(16-3)11(9-14)13(8-10)17-4/h7-9H,5-6H2,1-4H3. The monoisotopic (exact) mass is 318 g/mol. The van der Waals surface area contributed by atoms with Gasteiger partial charge in [0.15, 0.2) is 6.29 Å². The molecule has 0 saturated carbocycles. The zero-order valence-corrected chi connectivity index (χ0v) is 13.3. The molecule has 8 heteroatoms. The largest absolute Gasteiger partial charge is 0.530 e. The molecule has 0 atom stereocenters. The highest BCUT2D eigenvalue weighted by molar-refractivity contribution is 7.48. The molecule has 118 valence electrons. The van der Waals surface area contributed by atoms with E-state index in [4.69, 9.17) is 23.0 Å². The quantitative estimate of drug-likeness (QED) is 0.511. The molecule has 0 saturated heterocycles. The van der Waals surface area contributed by atoms with Crippen molar-refractivity contribution in [2.24, 2.45) is 0 Å². The molecule has 0 bridgehead atoms. The first-order valence-electron chi connectivity index (χ1n) is 6.33. The van der Waals surface area contributed by atoms with E-state index in [1.54, 1.807) is 13.8 Å². The average molecular weight is 318 g/mol. The lowest BCUT2D eigenvalue weighted by Crippen LogP contribution is -2.03. The van der Waals surface area contributed by atoms with Crippen molar-refractivity contribution in [2.75, 3.05) is 27.4 Å². The molecule has 0 unspecified atom stereocenters. The van der Waals surface area contributed by atoms with Crippen molar-refractivity contribution in [3.8, 4) is 17.2 Å². The van der Waals surface area contributed by atoms with Gasteiger partial charge in [0.1, 0.15) is 17.2 Å². The minimum atomic E-state index is -3.72. The topological polar surface area (TPSA) is 80.3 Å². The number of aldehydes is 1. The zero-order valence-electron chi connectivity index (χ0n) is 12.5. The minimum absolute atomic E-state index is 0.152. The second kappa shape index (κ2) is 8.02. The highest BCUT2D eigenvalue weighted by atomic mass is 31.2. The summed E-state index contributed by atoms with van der Waals surface area (Å²) < 4.78 is 37.9. The summed E-state index contributed by atoms with van der Waals surface area (Å²) in [6.07, 6.45) is 0.603. The fourth-order valence-corrected chi connectivity index (χ4v) is 2.79. The molecular weight excluding hydrogens is 299 g/mol. The minimum Gasteiger partial charge on any atom is -0.496 e. The first-order valence-corrected chi connectivity index (χ1v) is 7.79. The Kier molecular flexibility index (Phi) is 6.68. The van der Waals surface area contributed by atoms with E-state index in [0.717, 1.165) is 0 Å². The number of phosphoric ester groups is 1. The van der Waals surface area contributed by atoms with E-state index in [1.165, 1.54) is 26.4 Å². The number of carbonyl (C=O) groups is 1. The summed E-state index contributed by atoms with van der Waals surface area (Å²) in [6.45, 7) is 3.67. The van der Waals surface area contributed by atoms with Crippen LogP contribution in [0.2, 0.25) is 0 Å². The summed E-state index contributed by atoms with van der Waals surface area (Å²) in [5.41, 5.74) is 0.231. The third-order valence-corrected chi connectivity index (χ3v) is 4.01. The van der Waals surface area contributed by atoms with E-state index in [1.807, 2.05) is 0 Å². The molecule has 0 aliphatic rings. The van der Waals surface area contributed by atoms with Crippen molar-refractivity contribution < 1.29 is 32.4 Å². The van der Waals surface area contributed by atoms with Crippen molar-refractivity contribution in [3.05, 3.63) is 17.7 Å². The van der Waals surface area contributed by atoms with E-state index < -0.39 is 7.82 Å². The maximum Gasteiger partial charge on any atom is 0.530 e. The van der Waals surface area contributed by atoms with Crippen LogP contribution < -0.4 is 14.0 Å². The molecule has 1 rings (SSSR count). The van der Waals surface area contributed by atoms with Crippen LogP contribution in [-0.2, 0) is 13.6 Å². The Hall–Kier alpha value is -1.56. The molecular formula is C13H19O7P. The third-order valence-electron chi connectivity index (χ3n) is 2.43. The number of rotatable bonds is 9. The van der Waals surface area contributed by atoms with Crippen LogP contribution in [-0.4, -0.2) is 33.7 Å². The summed E-state index contributed by atoms with van der Waals surface area (Å²) in [5.74, 6) is 0.623. The lowest BCUT2D eigenvalue weighted by molar-refractivity contribution is 0.111. The lowest BCUT2D eigenvalue weighted by atomic mass is 10.2. The van der Waals surface area contributed by atoms with Crippen molar-refractivity contribution in [3.63, 3.8) is 0 Å². The maximum absolute atomic E-state index is 12.3. The number of ether oxygens (including phenoxy) is 2. The molecule has 0 fully saturated rings. The van der Waals surface area contributed by atoms with E-state index in [-0.39, 0.29) is 36.0 Å². The van der Waals surface area contributed by atoms with Crippen LogP contribution >= 0.6 is 7.82 Å². The fraction of sp³-hybridized carbons (Fsp3) is 0.462. The second-order valence-electron chi connectivity index (χ2n) is 3.73. The van der Waals surface area contributed by atoms with Gasteiger partial charge in [-0.1, -0.05) is 0 Å². The normalized spacial score (nSPS) is 11.0. The van der Waals surface area contributed by atoms with Gasteiger partial charge in [-0.05, 0) is 13.8 Å². The Morgan fingerprint density at radius 1 is 1.05 bits per heavy atom. The van der Waals surface area contributed by atoms with Crippen molar-refractivity contribution in [1.82, 2.24) is 0 Å². The van der Waals surface area contributed by atoms with Gasteiger partial charge in [-0.15, -0.1) is 0 Å². The highest BCUT2D eigenvalue weighted by Crippen LogP contribution is 2.50. The zero-order chi connectivity index (χ0) is 15.9. The summed E-state index contributed by atoms with van der Waals surface area (Å²) in [5, 5.41) is 0. The number of hydrogen-bond donors (Lipinski definition) is 0. The number of hydrogen-bond acceptors (Lipinski definition) is 7. The van der Waals surface area contributed by atoms with Crippen LogP contribution in [0.5, 0.6) is 17.2 Å². The Morgan fingerprint density at radius 2 is 1.52 bits per heavy atom. The molecule has 21 heavy (non-hydrogen) atoms. The van der Waals surface area contributed by atoms with Crippen LogP contribution in [0.1, 0.15) is 24.2 Å². The van der Waals surface area contributed by atoms with Crippen LogP contribution in [0.3, 0.4) is 0 Å². The first kappa shape index (κ1) is 17.5. The maximum atomic E-state index is 12.3. The van der Waals surface area contributed by atoms with Gasteiger partial charge in [-0.25, -0.2) is 4.57 Å². The SMILES string of the molecule is CCOP(=O)(OCC)Oc1cc(OC)c(C=O)c(OC)c1. The number of benzene rings is 1. The molecule has 0 heterocycles.